The molecular formula is C20H20F3N5O3S. The van der Waals surface area contributed by atoms with E-state index in [1.807, 2.05) is 0 Å². The minimum Gasteiger partial charge on any atom is -0.444 e. The van der Waals surface area contributed by atoms with Gasteiger partial charge in [-0.25, -0.2) is 23.1 Å². The summed E-state index contributed by atoms with van der Waals surface area (Å²) in [4.78, 5) is 24.9. The molecule has 0 aliphatic carbocycles. The quantitative estimate of drug-likeness (QED) is 0.672. The Balaban J connectivity index is 1.69. The van der Waals surface area contributed by atoms with Crippen LogP contribution in [0.3, 0.4) is 0 Å². The highest BCUT2D eigenvalue weighted by Crippen LogP contribution is 2.48. The first-order valence-electron chi connectivity index (χ1n) is 9.73. The third kappa shape index (κ3) is 4.24. The van der Waals surface area contributed by atoms with E-state index < -0.39 is 36.9 Å². The molecule has 0 radical (unpaired) electrons. The average Bonchev–Trinajstić information content (AvgIpc) is 2.80. The Hall–Kier alpha value is -2.86. The Labute approximate surface area is 185 Å². The number of aliphatic imine (C=N–C) groups is 1. The van der Waals surface area contributed by atoms with Crippen LogP contribution >= 0.6 is 11.8 Å². The van der Waals surface area contributed by atoms with Gasteiger partial charge in [-0.2, -0.15) is 0 Å². The van der Waals surface area contributed by atoms with Gasteiger partial charge in [0.2, 0.25) is 12.7 Å². The summed E-state index contributed by atoms with van der Waals surface area (Å²) in [5.74, 6) is -1.24. The number of amidine groups is 1. The lowest BCUT2D eigenvalue weighted by atomic mass is 9.73. The Morgan fingerprint density at radius 1 is 1.34 bits per heavy atom. The van der Waals surface area contributed by atoms with Crippen molar-refractivity contribution in [3.8, 4) is 5.88 Å². The molecule has 4 rings (SSSR count). The maximum atomic E-state index is 15.1. The number of halogens is 3. The standard InChI is InChI=1S/C20H20F3N5O3S/c21-7-13-6-20(11(8-30-13)9-32-19(24)28-20)14-5-12(1-2-15(14)23)27-17(29)16-18(31-10-22)26-4-3-25-16/h1-5,11,13H,6-10H2,(H2,24,28)(H,27,29)/t11-,13?,20-/m0/s1. The Morgan fingerprint density at radius 3 is 2.94 bits per heavy atom. The monoisotopic (exact) mass is 467 g/mol. The molecule has 1 aromatic heterocycles. The molecule has 3 heterocycles. The van der Waals surface area contributed by atoms with Crippen molar-refractivity contribution in [2.45, 2.75) is 18.1 Å². The summed E-state index contributed by atoms with van der Waals surface area (Å²) in [6.45, 7) is -1.71. The highest BCUT2D eigenvalue weighted by atomic mass is 32.2. The number of benzene rings is 1. The van der Waals surface area contributed by atoms with E-state index in [0.29, 0.717) is 5.75 Å². The van der Waals surface area contributed by atoms with Crippen molar-refractivity contribution in [3.05, 3.63) is 47.7 Å². The molecule has 1 unspecified atom stereocenters. The molecule has 3 atom stereocenters. The summed E-state index contributed by atoms with van der Waals surface area (Å²) in [6.07, 6.45) is 1.88. The van der Waals surface area contributed by atoms with Gasteiger partial charge in [-0.3, -0.25) is 9.79 Å². The average molecular weight is 467 g/mol. The lowest BCUT2D eigenvalue weighted by Gasteiger charge is -2.46. The third-order valence-electron chi connectivity index (χ3n) is 5.42. The summed E-state index contributed by atoms with van der Waals surface area (Å²) < 4.78 is 51.3. The summed E-state index contributed by atoms with van der Waals surface area (Å²) in [7, 11) is 0. The predicted molar refractivity (Wildman–Crippen MR) is 113 cm³/mol. The van der Waals surface area contributed by atoms with Gasteiger partial charge in [-0.1, -0.05) is 11.8 Å². The van der Waals surface area contributed by atoms with Gasteiger partial charge in [0, 0.05) is 41.7 Å². The number of thioether (sulfide) groups is 1. The zero-order valence-electron chi connectivity index (χ0n) is 16.8. The second kappa shape index (κ2) is 9.33. The molecule has 2 aliphatic rings. The predicted octanol–water partition coefficient (Wildman–Crippen LogP) is 2.81. The van der Waals surface area contributed by atoms with Crippen LogP contribution in [-0.2, 0) is 10.3 Å². The number of hydrogen-bond donors (Lipinski definition) is 2. The van der Waals surface area contributed by atoms with Gasteiger partial charge in [-0.05, 0) is 18.2 Å². The maximum absolute atomic E-state index is 15.1. The molecule has 1 saturated heterocycles. The summed E-state index contributed by atoms with van der Waals surface area (Å²) >= 11 is 1.33. The first-order chi connectivity index (χ1) is 15.5. The fourth-order valence-electron chi connectivity index (χ4n) is 3.95. The molecule has 1 fully saturated rings. The number of nitrogens with one attached hydrogen (secondary N) is 1. The zero-order chi connectivity index (χ0) is 22.7. The van der Waals surface area contributed by atoms with Crippen LogP contribution in [0.15, 0.2) is 35.6 Å². The minimum absolute atomic E-state index is 0.113. The van der Waals surface area contributed by atoms with E-state index in [1.165, 1.54) is 42.4 Å². The normalized spacial score (nSPS) is 24.9. The number of alkyl halides is 2. The van der Waals surface area contributed by atoms with Gasteiger partial charge in [0.25, 0.3) is 5.91 Å². The minimum atomic E-state index is -1.18. The molecule has 8 nitrogen and oxygen atoms in total. The number of fused-ring (bicyclic) bond motifs is 1. The van der Waals surface area contributed by atoms with Crippen LogP contribution in [0, 0.1) is 11.7 Å². The van der Waals surface area contributed by atoms with Crippen LogP contribution in [0.2, 0.25) is 0 Å². The van der Waals surface area contributed by atoms with Crippen LogP contribution in [0.5, 0.6) is 5.88 Å². The fourth-order valence-corrected chi connectivity index (χ4v) is 4.92. The van der Waals surface area contributed by atoms with Crippen molar-refractivity contribution in [2.24, 2.45) is 16.6 Å². The molecular weight excluding hydrogens is 447 g/mol. The zero-order valence-corrected chi connectivity index (χ0v) is 17.6. The summed E-state index contributed by atoms with van der Waals surface area (Å²) in [6, 6.07) is 4.00. The molecule has 1 aromatic carbocycles. The van der Waals surface area contributed by atoms with Gasteiger partial charge in [0.05, 0.1) is 18.2 Å². The molecule has 12 heteroatoms. The van der Waals surface area contributed by atoms with Crippen molar-refractivity contribution in [2.75, 3.05) is 31.2 Å². The van der Waals surface area contributed by atoms with Crippen LogP contribution in [0.25, 0.3) is 0 Å². The van der Waals surface area contributed by atoms with Crippen molar-refractivity contribution in [3.63, 3.8) is 0 Å². The Kier molecular flexibility index (Phi) is 6.51. The Morgan fingerprint density at radius 2 is 2.16 bits per heavy atom. The van der Waals surface area contributed by atoms with Crippen molar-refractivity contribution < 1.29 is 27.4 Å². The van der Waals surface area contributed by atoms with Crippen LogP contribution in [-0.4, -0.2) is 53.0 Å². The van der Waals surface area contributed by atoms with E-state index >= 15 is 4.39 Å². The van der Waals surface area contributed by atoms with E-state index in [9.17, 15) is 13.6 Å². The molecule has 0 spiro atoms. The number of nitrogens with zero attached hydrogens (tertiary/aromatic N) is 3. The van der Waals surface area contributed by atoms with Crippen LogP contribution in [0.1, 0.15) is 22.5 Å². The lowest BCUT2D eigenvalue weighted by molar-refractivity contribution is -0.0620. The van der Waals surface area contributed by atoms with Gasteiger partial charge in [-0.15, -0.1) is 0 Å². The summed E-state index contributed by atoms with van der Waals surface area (Å²) in [5, 5.41) is 2.87. The number of nitrogens with two attached hydrogens (primary N) is 1. The number of amides is 1. The first kappa shape index (κ1) is 22.3. The van der Waals surface area contributed by atoms with E-state index in [4.69, 9.17) is 15.2 Å². The molecule has 1 amide bonds. The first-order valence-corrected chi connectivity index (χ1v) is 10.7. The van der Waals surface area contributed by atoms with Gasteiger partial charge >= 0.3 is 0 Å². The molecule has 2 aromatic rings. The maximum Gasteiger partial charge on any atom is 0.279 e. The highest BCUT2D eigenvalue weighted by molar-refractivity contribution is 8.13. The number of rotatable bonds is 6. The third-order valence-corrected chi connectivity index (χ3v) is 6.38. The number of anilines is 1. The summed E-state index contributed by atoms with van der Waals surface area (Å²) in [5.41, 5.74) is 5.04. The lowest BCUT2D eigenvalue weighted by Crippen LogP contribution is -2.50. The number of carbonyl (C=O) groups excluding carboxylic acids is 1. The fraction of sp³-hybridized carbons (Fsp3) is 0.400. The molecule has 170 valence electrons. The van der Waals surface area contributed by atoms with Gasteiger partial charge in [0.1, 0.15) is 12.5 Å². The SMILES string of the molecule is NC1=N[C@@]2(c3cc(NC(=O)c4nccnc4OCF)ccc3F)CC(CF)OC[C@H]2CS1. The van der Waals surface area contributed by atoms with Gasteiger partial charge in [0.15, 0.2) is 10.9 Å². The van der Waals surface area contributed by atoms with Crippen LogP contribution < -0.4 is 15.8 Å². The highest BCUT2D eigenvalue weighted by Gasteiger charge is 2.49. The number of ether oxygens (including phenoxy) is 2. The van der Waals surface area contributed by atoms with Crippen molar-refractivity contribution in [1.29, 1.82) is 0 Å². The number of carbonyl (C=O) groups is 1. The Bertz CT molecular complexity index is 1040. The van der Waals surface area contributed by atoms with E-state index in [0.717, 1.165) is 0 Å². The number of aromatic nitrogens is 2. The van der Waals surface area contributed by atoms with E-state index in [-0.39, 0.29) is 46.9 Å². The van der Waals surface area contributed by atoms with Crippen molar-refractivity contribution >= 4 is 28.5 Å². The van der Waals surface area contributed by atoms with Crippen LogP contribution in [0.4, 0.5) is 18.9 Å². The molecule has 2 aliphatic heterocycles. The van der Waals surface area contributed by atoms with Crippen molar-refractivity contribution in [1.82, 2.24) is 9.97 Å². The topological polar surface area (TPSA) is 112 Å². The molecule has 32 heavy (non-hydrogen) atoms. The molecule has 3 N–H and O–H groups in total. The molecule has 0 saturated carbocycles. The smallest absolute Gasteiger partial charge is 0.279 e. The second-order valence-electron chi connectivity index (χ2n) is 7.31. The molecule has 0 bridgehead atoms. The van der Waals surface area contributed by atoms with Gasteiger partial charge < -0.3 is 20.5 Å². The van der Waals surface area contributed by atoms with E-state index in [1.54, 1.807) is 0 Å². The number of hydrogen-bond acceptors (Lipinski definition) is 8. The van der Waals surface area contributed by atoms with E-state index in [2.05, 4.69) is 20.3 Å². The second-order valence-corrected chi connectivity index (χ2v) is 8.35. The largest absolute Gasteiger partial charge is 0.444 e.